The minimum absolute atomic E-state index is 0.141. The number of ether oxygens (including phenoxy) is 4. The minimum Gasteiger partial charge on any atom is -0.497 e. The molecule has 2 aromatic carbocycles. The van der Waals surface area contributed by atoms with E-state index in [1.54, 1.807) is 35.2 Å². The Kier molecular flexibility index (Phi) is 6.98. The predicted octanol–water partition coefficient (Wildman–Crippen LogP) is 3.04. The number of hydrogen-bond donors (Lipinski definition) is 0. The smallest absolute Gasteiger partial charge is 0.314 e. The molecule has 2 aromatic rings. The molecule has 0 radical (unpaired) electrons. The van der Waals surface area contributed by atoms with Crippen LogP contribution in [0.3, 0.4) is 0 Å². The van der Waals surface area contributed by atoms with E-state index in [2.05, 4.69) is 0 Å². The molecule has 0 atom stereocenters. The van der Waals surface area contributed by atoms with Crippen molar-refractivity contribution in [2.24, 2.45) is 5.92 Å². The van der Waals surface area contributed by atoms with Crippen molar-refractivity contribution in [3.05, 3.63) is 47.5 Å². The number of carbonyl (C=O) groups excluding carboxylic acids is 2. The van der Waals surface area contributed by atoms with Crippen LogP contribution in [0, 0.1) is 17.2 Å². The van der Waals surface area contributed by atoms with Gasteiger partial charge in [0.1, 0.15) is 11.5 Å². The molecule has 0 spiro atoms. The van der Waals surface area contributed by atoms with E-state index in [0.717, 1.165) is 0 Å². The summed E-state index contributed by atoms with van der Waals surface area (Å²) in [5.41, 5.74) is 0.886. The number of benzene rings is 2. The monoisotopic (exact) mass is 424 g/mol. The number of hydrogen-bond acceptors (Lipinski definition) is 7. The fourth-order valence-corrected chi connectivity index (χ4v) is 3.44. The Labute approximate surface area is 180 Å². The van der Waals surface area contributed by atoms with Crippen LogP contribution < -0.4 is 18.9 Å². The van der Waals surface area contributed by atoms with E-state index in [1.807, 2.05) is 6.07 Å². The Hall–Kier alpha value is -3.73. The zero-order valence-corrected chi connectivity index (χ0v) is 17.7. The Morgan fingerprint density at radius 2 is 1.58 bits per heavy atom. The lowest BCUT2D eigenvalue weighted by Gasteiger charge is -2.31. The van der Waals surface area contributed by atoms with Gasteiger partial charge in [0, 0.05) is 30.8 Å². The van der Waals surface area contributed by atoms with Gasteiger partial charge in [-0.3, -0.25) is 9.59 Å². The second kappa shape index (κ2) is 9.85. The first-order chi connectivity index (χ1) is 15.0. The van der Waals surface area contributed by atoms with Crippen LogP contribution in [0.5, 0.6) is 23.0 Å². The summed E-state index contributed by atoms with van der Waals surface area (Å²) in [5.74, 6) is 0.829. The van der Waals surface area contributed by atoms with Gasteiger partial charge in [-0.25, -0.2) is 0 Å². The van der Waals surface area contributed by atoms with Crippen molar-refractivity contribution in [1.82, 2.24) is 4.90 Å². The van der Waals surface area contributed by atoms with Crippen LogP contribution in [0.1, 0.15) is 28.8 Å². The Balaban J connectivity index is 1.62. The maximum absolute atomic E-state index is 12.9. The van der Waals surface area contributed by atoms with Crippen molar-refractivity contribution in [3.8, 4) is 29.1 Å². The average Bonchev–Trinajstić information content (AvgIpc) is 2.83. The summed E-state index contributed by atoms with van der Waals surface area (Å²) >= 11 is 0. The van der Waals surface area contributed by atoms with Gasteiger partial charge in [0.05, 0.1) is 38.9 Å². The number of esters is 1. The van der Waals surface area contributed by atoms with Crippen molar-refractivity contribution in [2.75, 3.05) is 34.4 Å². The SMILES string of the molecule is COc1cc(OC)cc(C(=O)N2CCC(C(=O)Oc3ccc(C#N)cc3OC)CC2)c1. The topological polar surface area (TPSA) is 98.1 Å². The van der Waals surface area contributed by atoms with Gasteiger partial charge in [-0.15, -0.1) is 0 Å². The van der Waals surface area contributed by atoms with Gasteiger partial charge in [-0.05, 0) is 37.1 Å². The molecular weight excluding hydrogens is 400 g/mol. The van der Waals surface area contributed by atoms with E-state index in [0.29, 0.717) is 54.3 Å². The average molecular weight is 424 g/mol. The van der Waals surface area contributed by atoms with E-state index in [4.69, 9.17) is 24.2 Å². The van der Waals surface area contributed by atoms with Crippen LogP contribution in [0.4, 0.5) is 0 Å². The molecule has 8 nitrogen and oxygen atoms in total. The highest BCUT2D eigenvalue weighted by atomic mass is 16.6. The fourth-order valence-electron chi connectivity index (χ4n) is 3.44. The highest BCUT2D eigenvalue weighted by Crippen LogP contribution is 2.30. The lowest BCUT2D eigenvalue weighted by Crippen LogP contribution is -2.41. The lowest BCUT2D eigenvalue weighted by molar-refractivity contribution is -0.140. The summed E-state index contributed by atoms with van der Waals surface area (Å²) in [4.78, 5) is 27.2. The van der Waals surface area contributed by atoms with Gasteiger partial charge in [0.15, 0.2) is 11.5 Å². The van der Waals surface area contributed by atoms with Gasteiger partial charge < -0.3 is 23.8 Å². The Morgan fingerprint density at radius 1 is 0.935 bits per heavy atom. The second-order valence-electron chi connectivity index (χ2n) is 7.07. The number of rotatable bonds is 6. The highest BCUT2D eigenvalue weighted by Gasteiger charge is 2.30. The first-order valence-corrected chi connectivity index (χ1v) is 9.81. The van der Waals surface area contributed by atoms with Gasteiger partial charge in [-0.2, -0.15) is 5.26 Å². The molecule has 0 aromatic heterocycles. The fraction of sp³-hybridized carbons (Fsp3) is 0.348. The summed E-state index contributed by atoms with van der Waals surface area (Å²) in [6.07, 6.45) is 0.981. The van der Waals surface area contributed by atoms with E-state index in [9.17, 15) is 9.59 Å². The van der Waals surface area contributed by atoms with Crippen molar-refractivity contribution < 1.29 is 28.5 Å². The van der Waals surface area contributed by atoms with Crippen LogP contribution in [0.15, 0.2) is 36.4 Å². The van der Waals surface area contributed by atoms with Crippen LogP contribution in [0.2, 0.25) is 0 Å². The molecule has 162 valence electrons. The largest absolute Gasteiger partial charge is 0.497 e. The Morgan fingerprint density at radius 3 is 2.13 bits per heavy atom. The molecule has 0 bridgehead atoms. The van der Waals surface area contributed by atoms with E-state index in [1.165, 1.54) is 27.4 Å². The third-order valence-electron chi connectivity index (χ3n) is 5.22. The number of nitrogens with zero attached hydrogens (tertiary/aromatic N) is 2. The number of likely N-dealkylation sites (tertiary alicyclic amines) is 1. The van der Waals surface area contributed by atoms with Gasteiger partial charge >= 0.3 is 5.97 Å². The maximum atomic E-state index is 12.9. The molecule has 0 aliphatic carbocycles. The van der Waals surface area contributed by atoms with Crippen LogP contribution >= 0.6 is 0 Å². The lowest BCUT2D eigenvalue weighted by atomic mass is 9.96. The molecule has 8 heteroatoms. The molecular formula is C23H24N2O6. The molecule has 1 heterocycles. The summed E-state index contributed by atoms with van der Waals surface area (Å²) < 4.78 is 21.2. The van der Waals surface area contributed by atoms with Crippen molar-refractivity contribution in [2.45, 2.75) is 12.8 Å². The van der Waals surface area contributed by atoms with Crippen LogP contribution in [0.25, 0.3) is 0 Å². The van der Waals surface area contributed by atoms with Crippen molar-refractivity contribution >= 4 is 11.9 Å². The van der Waals surface area contributed by atoms with Crippen molar-refractivity contribution in [1.29, 1.82) is 5.26 Å². The number of amides is 1. The summed E-state index contributed by atoms with van der Waals surface area (Å²) in [6.45, 7) is 0.866. The maximum Gasteiger partial charge on any atom is 0.314 e. The number of carbonyl (C=O) groups is 2. The quantitative estimate of drug-likeness (QED) is 0.519. The summed E-state index contributed by atoms with van der Waals surface area (Å²) in [6, 6.07) is 11.7. The summed E-state index contributed by atoms with van der Waals surface area (Å²) in [5, 5.41) is 8.99. The molecule has 0 saturated carbocycles. The second-order valence-corrected chi connectivity index (χ2v) is 7.07. The molecule has 1 aliphatic heterocycles. The van der Waals surface area contributed by atoms with Crippen LogP contribution in [-0.4, -0.2) is 51.2 Å². The molecule has 3 rings (SSSR count). The molecule has 1 amide bonds. The van der Waals surface area contributed by atoms with E-state index < -0.39 is 0 Å². The van der Waals surface area contributed by atoms with Crippen molar-refractivity contribution in [3.63, 3.8) is 0 Å². The number of methoxy groups -OCH3 is 3. The Bertz CT molecular complexity index is 983. The van der Waals surface area contributed by atoms with E-state index in [-0.39, 0.29) is 23.5 Å². The van der Waals surface area contributed by atoms with Gasteiger partial charge in [0.2, 0.25) is 0 Å². The summed E-state index contributed by atoms with van der Waals surface area (Å²) in [7, 11) is 4.51. The zero-order valence-electron chi connectivity index (χ0n) is 17.7. The van der Waals surface area contributed by atoms with Gasteiger partial charge in [0.25, 0.3) is 5.91 Å². The highest BCUT2D eigenvalue weighted by molar-refractivity contribution is 5.95. The van der Waals surface area contributed by atoms with Crippen LogP contribution in [-0.2, 0) is 4.79 Å². The minimum atomic E-state index is -0.377. The molecule has 0 unspecified atom stereocenters. The van der Waals surface area contributed by atoms with Gasteiger partial charge in [-0.1, -0.05) is 0 Å². The molecule has 1 saturated heterocycles. The first-order valence-electron chi connectivity index (χ1n) is 9.81. The predicted molar refractivity (Wildman–Crippen MR) is 112 cm³/mol. The zero-order chi connectivity index (χ0) is 22.4. The molecule has 31 heavy (non-hydrogen) atoms. The molecule has 1 fully saturated rings. The first kappa shape index (κ1) is 22.0. The molecule has 0 N–H and O–H groups in total. The third kappa shape index (κ3) is 5.07. The van der Waals surface area contributed by atoms with E-state index >= 15 is 0 Å². The third-order valence-corrected chi connectivity index (χ3v) is 5.22. The number of nitriles is 1. The number of piperidine rings is 1. The normalized spacial score (nSPS) is 13.8. The molecule has 1 aliphatic rings. The standard InChI is InChI=1S/C23H24N2O6/c1-28-18-11-17(12-19(13-18)29-2)22(26)25-8-6-16(7-9-25)23(27)31-20-5-4-15(14-24)10-21(20)30-3/h4-5,10-13,16H,6-9H2,1-3H3.